The fourth-order valence-electron chi connectivity index (χ4n) is 1.47. The van der Waals surface area contributed by atoms with Gasteiger partial charge in [-0.15, -0.1) is 0 Å². The minimum atomic E-state index is -4.61. The molecule has 20 heavy (non-hydrogen) atoms. The van der Waals surface area contributed by atoms with Crippen LogP contribution in [-0.2, 0) is 6.18 Å². The normalized spacial score (nSPS) is 14.8. The van der Waals surface area contributed by atoms with E-state index in [1.54, 1.807) is 13.8 Å². The van der Waals surface area contributed by atoms with Gasteiger partial charge in [0.1, 0.15) is 0 Å². The zero-order valence-electron chi connectivity index (χ0n) is 11.0. The van der Waals surface area contributed by atoms with E-state index < -0.39 is 22.7 Å². The first-order chi connectivity index (χ1) is 9.16. The average molecular weight is 310 g/mol. The molecule has 0 aliphatic carbocycles. The summed E-state index contributed by atoms with van der Waals surface area (Å²) >= 11 is 5.48. The third-order valence-electron chi connectivity index (χ3n) is 3.03. The second-order valence-corrected chi connectivity index (χ2v) is 5.02. The predicted molar refractivity (Wildman–Crippen MR) is 69.6 cm³/mol. The van der Waals surface area contributed by atoms with Gasteiger partial charge in [-0.3, -0.25) is 4.79 Å². The Morgan fingerprint density at radius 2 is 2.00 bits per heavy atom. The maximum absolute atomic E-state index is 12.7. The van der Waals surface area contributed by atoms with Gasteiger partial charge in [0.15, 0.2) is 0 Å². The summed E-state index contributed by atoms with van der Waals surface area (Å²) in [5, 5.41) is 11.0. The molecular formula is C13H15ClF3NO2. The molecule has 1 rings (SSSR count). The minimum Gasteiger partial charge on any atom is -0.396 e. The molecular weight excluding hydrogens is 295 g/mol. The molecule has 3 nitrogen and oxygen atoms in total. The Kier molecular flexibility index (Phi) is 5.42. The van der Waals surface area contributed by atoms with Crippen LogP contribution in [0, 0.1) is 5.92 Å². The van der Waals surface area contributed by atoms with Crippen LogP contribution in [0.4, 0.5) is 13.2 Å². The number of hydrogen-bond acceptors (Lipinski definition) is 2. The third kappa shape index (κ3) is 4.11. The largest absolute Gasteiger partial charge is 0.417 e. The summed E-state index contributed by atoms with van der Waals surface area (Å²) in [6.45, 7) is 3.25. The fraction of sp³-hybridized carbons (Fsp3) is 0.462. The van der Waals surface area contributed by atoms with Crippen molar-refractivity contribution in [2.75, 3.05) is 6.61 Å². The maximum atomic E-state index is 12.7. The van der Waals surface area contributed by atoms with Gasteiger partial charge in [0.25, 0.3) is 5.91 Å². The summed E-state index contributed by atoms with van der Waals surface area (Å²) < 4.78 is 38.1. The van der Waals surface area contributed by atoms with Crippen molar-refractivity contribution in [1.82, 2.24) is 5.32 Å². The Balaban J connectivity index is 2.95. The SMILES string of the molecule is CC(CO)C(C)NC(=O)c1ccc(Cl)c(C(F)(F)F)c1. The van der Waals surface area contributed by atoms with Crippen LogP contribution in [0.5, 0.6) is 0 Å². The van der Waals surface area contributed by atoms with Crippen LogP contribution in [0.25, 0.3) is 0 Å². The van der Waals surface area contributed by atoms with Gasteiger partial charge < -0.3 is 10.4 Å². The van der Waals surface area contributed by atoms with E-state index in [1.807, 2.05) is 0 Å². The van der Waals surface area contributed by atoms with Gasteiger partial charge in [0, 0.05) is 18.2 Å². The van der Waals surface area contributed by atoms with E-state index in [0.29, 0.717) is 6.07 Å². The van der Waals surface area contributed by atoms with Crippen molar-refractivity contribution < 1.29 is 23.1 Å². The van der Waals surface area contributed by atoms with Crippen LogP contribution in [0.1, 0.15) is 29.8 Å². The van der Waals surface area contributed by atoms with Crippen LogP contribution in [0.15, 0.2) is 18.2 Å². The lowest BCUT2D eigenvalue weighted by atomic mass is 10.0. The first-order valence-corrected chi connectivity index (χ1v) is 6.33. The second-order valence-electron chi connectivity index (χ2n) is 4.61. The highest BCUT2D eigenvalue weighted by Gasteiger charge is 2.34. The molecule has 0 saturated heterocycles. The Morgan fingerprint density at radius 1 is 1.40 bits per heavy atom. The first-order valence-electron chi connectivity index (χ1n) is 5.95. The van der Waals surface area contributed by atoms with Crippen LogP contribution in [0.3, 0.4) is 0 Å². The van der Waals surface area contributed by atoms with Crippen molar-refractivity contribution in [3.8, 4) is 0 Å². The van der Waals surface area contributed by atoms with E-state index in [9.17, 15) is 18.0 Å². The van der Waals surface area contributed by atoms with E-state index in [2.05, 4.69) is 5.32 Å². The zero-order valence-corrected chi connectivity index (χ0v) is 11.7. The highest BCUT2D eigenvalue weighted by molar-refractivity contribution is 6.31. The molecule has 0 aliphatic rings. The number of hydrogen-bond donors (Lipinski definition) is 2. The number of aliphatic hydroxyl groups excluding tert-OH is 1. The van der Waals surface area contributed by atoms with Crippen molar-refractivity contribution in [3.05, 3.63) is 34.3 Å². The summed E-state index contributed by atoms with van der Waals surface area (Å²) in [6.07, 6.45) is -4.61. The van der Waals surface area contributed by atoms with Crippen molar-refractivity contribution in [1.29, 1.82) is 0 Å². The Morgan fingerprint density at radius 3 is 2.50 bits per heavy atom. The number of alkyl halides is 3. The monoisotopic (exact) mass is 309 g/mol. The average Bonchev–Trinajstić information content (AvgIpc) is 2.36. The minimum absolute atomic E-state index is 0.126. The summed E-state index contributed by atoms with van der Waals surface area (Å²) in [5.41, 5.74) is -1.17. The number of rotatable bonds is 4. The van der Waals surface area contributed by atoms with Crippen molar-refractivity contribution >= 4 is 17.5 Å². The van der Waals surface area contributed by atoms with Crippen molar-refractivity contribution in [2.24, 2.45) is 5.92 Å². The van der Waals surface area contributed by atoms with Gasteiger partial charge in [0.2, 0.25) is 0 Å². The van der Waals surface area contributed by atoms with E-state index in [0.717, 1.165) is 6.07 Å². The highest BCUT2D eigenvalue weighted by Crippen LogP contribution is 2.35. The van der Waals surface area contributed by atoms with Gasteiger partial charge >= 0.3 is 6.18 Å². The highest BCUT2D eigenvalue weighted by atomic mass is 35.5. The molecule has 0 radical (unpaired) electrons. The number of carbonyl (C=O) groups excluding carboxylic acids is 1. The lowest BCUT2D eigenvalue weighted by Gasteiger charge is -2.19. The smallest absolute Gasteiger partial charge is 0.396 e. The van der Waals surface area contributed by atoms with E-state index in [4.69, 9.17) is 16.7 Å². The molecule has 1 aromatic rings. The zero-order chi connectivity index (χ0) is 15.5. The Hall–Kier alpha value is -1.27. The molecule has 2 atom stereocenters. The number of amides is 1. The number of halogens is 4. The van der Waals surface area contributed by atoms with Gasteiger partial charge in [-0.2, -0.15) is 13.2 Å². The molecule has 0 heterocycles. The van der Waals surface area contributed by atoms with Crippen molar-refractivity contribution in [3.63, 3.8) is 0 Å². The van der Waals surface area contributed by atoms with E-state index >= 15 is 0 Å². The molecule has 112 valence electrons. The Bertz CT molecular complexity index is 491. The molecule has 2 unspecified atom stereocenters. The molecule has 1 amide bonds. The number of nitrogens with one attached hydrogen (secondary N) is 1. The summed E-state index contributed by atoms with van der Waals surface area (Å²) in [4.78, 5) is 11.9. The molecule has 0 fully saturated rings. The summed E-state index contributed by atoms with van der Waals surface area (Å²) in [7, 11) is 0. The Labute approximate surface area is 119 Å². The standard InChI is InChI=1S/C13H15ClF3NO2/c1-7(6-19)8(2)18-12(20)9-3-4-11(14)10(5-9)13(15,16)17/h3-5,7-8,19H,6H2,1-2H3,(H,18,20). The summed E-state index contributed by atoms with van der Waals surface area (Å²) in [5.74, 6) is -0.840. The van der Waals surface area contributed by atoms with Crippen molar-refractivity contribution in [2.45, 2.75) is 26.1 Å². The van der Waals surface area contributed by atoms with E-state index in [-0.39, 0.29) is 24.1 Å². The second kappa shape index (κ2) is 6.45. The lowest BCUT2D eigenvalue weighted by Crippen LogP contribution is -2.38. The number of carbonyl (C=O) groups is 1. The fourth-order valence-corrected chi connectivity index (χ4v) is 1.70. The molecule has 0 aromatic heterocycles. The topological polar surface area (TPSA) is 49.3 Å². The van der Waals surface area contributed by atoms with E-state index in [1.165, 1.54) is 6.07 Å². The molecule has 2 N–H and O–H groups in total. The first kappa shape index (κ1) is 16.8. The molecule has 0 aliphatic heterocycles. The molecule has 0 bridgehead atoms. The van der Waals surface area contributed by atoms with Crippen LogP contribution >= 0.6 is 11.6 Å². The molecule has 7 heteroatoms. The maximum Gasteiger partial charge on any atom is 0.417 e. The van der Waals surface area contributed by atoms with Gasteiger partial charge in [-0.1, -0.05) is 18.5 Å². The van der Waals surface area contributed by atoms with Gasteiger partial charge in [-0.25, -0.2) is 0 Å². The predicted octanol–water partition coefficient (Wildman–Crippen LogP) is 3.11. The van der Waals surface area contributed by atoms with Crippen LogP contribution in [-0.4, -0.2) is 23.7 Å². The van der Waals surface area contributed by atoms with Gasteiger partial charge in [0.05, 0.1) is 10.6 Å². The van der Waals surface area contributed by atoms with Crippen LogP contribution < -0.4 is 5.32 Å². The van der Waals surface area contributed by atoms with Crippen LogP contribution in [0.2, 0.25) is 5.02 Å². The van der Waals surface area contributed by atoms with Gasteiger partial charge in [-0.05, 0) is 31.0 Å². The molecule has 0 spiro atoms. The summed E-state index contributed by atoms with van der Waals surface area (Å²) in [6, 6.07) is 2.62. The lowest BCUT2D eigenvalue weighted by molar-refractivity contribution is -0.137. The number of aliphatic hydroxyl groups is 1. The number of benzene rings is 1. The molecule has 1 aromatic carbocycles. The third-order valence-corrected chi connectivity index (χ3v) is 3.36. The molecule has 0 saturated carbocycles. The quantitative estimate of drug-likeness (QED) is 0.898.